The lowest BCUT2D eigenvalue weighted by molar-refractivity contribution is 0.0928. The molecule has 5 nitrogen and oxygen atoms in total. The average Bonchev–Trinajstić information content (AvgIpc) is 3.59. The number of hydrogen-bond acceptors (Lipinski definition) is 4. The molecule has 2 aliphatic rings. The van der Waals surface area contributed by atoms with E-state index < -0.39 is 0 Å². The quantitative estimate of drug-likeness (QED) is 0.754. The molecule has 2 fully saturated rings. The highest BCUT2D eigenvalue weighted by molar-refractivity contribution is 6.07. The second kappa shape index (κ2) is 5.94. The third-order valence-corrected chi connectivity index (χ3v) is 5.49. The van der Waals surface area contributed by atoms with Crippen molar-refractivity contribution < 1.29 is 9.32 Å². The molecule has 1 amide bonds. The van der Waals surface area contributed by atoms with E-state index in [9.17, 15) is 4.79 Å². The Hall–Kier alpha value is -2.69. The fourth-order valence-corrected chi connectivity index (χ4v) is 3.79. The molecule has 1 N–H and O–H groups in total. The summed E-state index contributed by atoms with van der Waals surface area (Å²) in [5.74, 6) is 1.27. The number of amides is 1. The number of fused-ring (bicyclic) bond motifs is 1. The number of nitrogens with one attached hydrogen (secondary N) is 1. The summed E-state index contributed by atoms with van der Waals surface area (Å²) in [6, 6.07) is 12.0. The maximum Gasteiger partial charge on any atom is 0.259 e. The molecule has 0 unspecified atom stereocenters. The van der Waals surface area contributed by atoms with Gasteiger partial charge in [-0.3, -0.25) is 4.79 Å². The molecule has 26 heavy (non-hydrogen) atoms. The van der Waals surface area contributed by atoms with E-state index in [4.69, 9.17) is 4.52 Å². The van der Waals surface area contributed by atoms with Crippen molar-refractivity contribution in [2.24, 2.45) is 11.8 Å². The van der Waals surface area contributed by atoms with Crippen molar-refractivity contribution in [1.29, 1.82) is 0 Å². The van der Waals surface area contributed by atoms with Crippen LogP contribution in [0.2, 0.25) is 0 Å². The standard InChI is InChI=1S/C21H21N3O2/c1-12-18-16(20(25)23-19(14-7-8-14)15-9-10-15)11-17(22-21(18)26-24-12)13-5-3-2-4-6-13/h2-6,11,14-15,19H,7-10H2,1H3,(H,23,25). The maximum absolute atomic E-state index is 13.2. The Kier molecular flexibility index (Phi) is 3.55. The number of hydrogen-bond donors (Lipinski definition) is 1. The van der Waals surface area contributed by atoms with Gasteiger partial charge in [0.1, 0.15) is 0 Å². The van der Waals surface area contributed by atoms with E-state index in [1.165, 1.54) is 25.7 Å². The Morgan fingerprint density at radius 1 is 1.15 bits per heavy atom. The number of carbonyl (C=O) groups excluding carboxylic acids is 1. The highest BCUT2D eigenvalue weighted by Gasteiger charge is 2.42. The Morgan fingerprint density at radius 3 is 2.50 bits per heavy atom. The van der Waals surface area contributed by atoms with Gasteiger partial charge in [-0.05, 0) is 50.5 Å². The molecule has 2 heterocycles. The predicted octanol–water partition coefficient (Wildman–Crippen LogP) is 4.12. The van der Waals surface area contributed by atoms with Crippen molar-refractivity contribution in [3.05, 3.63) is 47.7 Å². The zero-order valence-corrected chi connectivity index (χ0v) is 14.7. The monoisotopic (exact) mass is 347 g/mol. The molecule has 3 aromatic rings. The van der Waals surface area contributed by atoms with Crippen molar-refractivity contribution >= 4 is 17.0 Å². The minimum atomic E-state index is -0.0373. The van der Waals surface area contributed by atoms with Gasteiger partial charge < -0.3 is 9.84 Å². The molecule has 2 aliphatic carbocycles. The number of rotatable bonds is 5. The van der Waals surface area contributed by atoms with Gasteiger partial charge in [0.15, 0.2) is 0 Å². The van der Waals surface area contributed by atoms with Crippen LogP contribution in [0.15, 0.2) is 40.9 Å². The average molecular weight is 347 g/mol. The first kappa shape index (κ1) is 15.6. The van der Waals surface area contributed by atoms with Crippen molar-refractivity contribution in [2.75, 3.05) is 0 Å². The largest absolute Gasteiger partial charge is 0.349 e. The van der Waals surface area contributed by atoms with Crippen LogP contribution in [0, 0.1) is 18.8 Å². The topological polar surface area (TPSA) is 68.0 Å². The molecular weight excluding hydrogens is 326 g/mol. The van der Waals surface area contributed by atoms with Crippen LogP contribution in [0.3, 0.4) is 0 Å². The minimum Gasteiger partial charge on any atom is -0.349 e. The first-order chi connectivity index (χ1) is 12.7. The zero-order valence-electron chi connectivity index (χ0n) is 14.7. The lowest BCUT2D eigenvalue weighted by Gasteiger charge is -2.18. The van der Waals surface area contributed by atoms with Gasteiger partial charge in [0.05, 0.1) is 22.3 Å². The highest BCUT2D eigenvalue weighted by Crippen LogP contribution is 2.44. The predicted molar refractivity (Wildman–Crippen MR) is 98.7 cm³/mol. The van der Waals surface area contributed by atoms with Crippen molar-refractivity contribution in [3.63, 3.8) is 0 Å². The Bertz CT molecular complexity index is 960. The summed E-state index contributed by atoms with van der Waals surface area (Å²) >= 11 is 0. The molecule has 0 radical (unpaired) electrons. The van der Waals surface area contributed by atoms with Crippen LogP contribution >= 0.6 is 0 Å². The molecule has 2 saturated carbocycles. The number of carbonyl (C=O) groups is 1. The van der Waals surface area contributed by atoms with E-state index >= 15 is 0 Å². The van der Waals surface area contributed by atoms with Gasteiger partial charge >= 0.3 is 0 Å². The van der Waals surface area contributed by atoms with Crippen LogP contribution in [0.25, 0.3) is 22.4 Å². The van der Waals surface area contributed by atoms with Gasteiger partial charge in [0, 0.05) is 11.6 Å². The summed E-state index contributed by atoms with van der Waals surface area (Å²) in [6.45, 7) is 1.85. The first-order valence-corrected chi connectivity index (χ1v) is 9.34. The minimum absolute atomic E-state index is 0.0373. The van der Waals surface area contributed by atoms with Gasteiger partial charge in [-0.25, -0.2) is 4.98 Å². The van der Waals surface area contributed by atoms with Crippen molar-refractivity contribution in [2.45, 2.75) is 38.6 Å². The van der Waals surface area contributed by atoms with Crippen molar-refractivity contribution in [1.82, 2.24) is 15.5 Å². The van der Waals surface area contributed by atoms with Crippen LogP contribution in [-0.4, -0.2) is 22.1 Å². The molecule has 0 aliphatic heterocycles. The van der Waals surface area contributed by atoms with E-state index in [2.05, 4.69) is 15.5 Å². The van der Waals surface area contributed by atoms with E-state index in [0.29, 0.717) is 40.2 Å². The Balaban J connectivity index is 1.56. The van der Waals surface area contributed by atoms with Gasteiger partial charge in [-0.2, -0.15) is 0 Å². The molecule has 5 heteroatoms. The van der Waals surface area contributed by atoms with E-state index in [-0.39, 0.29) is 5.91 Å². The molecule has 1 aromatic carbocycles. The smallest absolute Gasteiger partial charge is 0.259 e. The lowest BCUT2D eigenvalue weighted by Crippen LogP contribution is -2.38. The fraction of sp³-hybridized carbons (Fsp3) is 0.381. The summed E-state index contributed by atoms with van der Waals surface area (Å²) in [4.78, 5) is 17.7. The second-order valence-electron chi connectivity index (χ2n) is 7.54. The maximum atomic E-state index is 13.2. The summed E-state index contributed by atoms with van der Waals surface area (Å²) in [5, 5.41) is 8.05. The van der Waals surface area contributed by atoms with E-state index in [1.807, 2.05) is 43.3 Å². The molecule has 0 spiro atoms. The van der Waals surface area contributed by atoms with Crippen LogP contribution < -0.4 is 5.32 Å². The normalized spacial score (nSPS) is 17.0. The fourth-order valence-electron chi connectivity index (χ4n) is 3.79. The van der Waals surface area contributed by atoms with Crippen molar-refractivity contribution in [3.8, 4) is 11.3 Å². The Morgan fingerprint density at radius 2 is 1.85 bits per heavy atom. The third kappa shape index (κ3) is 2.77. The van der Waals surface area contributed by atoms with Gasteiger partial charge in [-0.1, -0.05) is 35.5 Å². The second-order valence-corrected chi connectivity index (χ2v) is 7.54. The molecule has 5 rings (SSSR count). The third-order valence-electron chi connectivity index (χ3n) is 5.49. The van der Waals surface area contributed by atoms with Crippen LogP contribution in [-0.2, 0) is 0 Å². The molecule has 0 saturated heterocycles. The SMILES string of the molecule is Cc1noc2nc(-c3ccccc3)cc(C(=O)NC(C3CC3)C3CC3)c12. The Labute approximate surface area is 151 Å². The lowest BCUT2D eigenvalue weighted by atomic mass is 10.0. The molecule has 0 bridgehead atoms. The number of benzene rings is 1. The number of nitrogens with zero attached hydrogens (tertiary/aromatic N) is 2. The number of aromatic nitrogens is 2. The summed E-state index contributed by atoms with van der Waals surface area (Å²) < 4.78 is 5.39. The molecular formula is C21H21N3O2. The summed E-state index contributed by atoms with van der Waals surface area (Å²) in [6.07, 6.45) is 4.92. The van der Waals surface area contributed by atoms with Crippen LogP contribution in [0.4, 0.5) is 0 Å². The highest BCUT2D eigenvalue weighted by atomic mass is 16.5. The van der Waals surface area contributed by atoms with Gasteiger partial charge in [0.2, 0.25) is 0 Å². The first-order valence-electron chi connectivity index (χ1n) is 9.34. The number of aryl methyl sites for hydroxylation is 1. The van der Waals surface area contributed by atoms with E-state index in [0.717, 1.165) is 11.3 Å². The molecule has 132 valence electrons. The van der Waals surface area contributed by atoms with Gasteiger partial charge in [-0.15, -0.1) is 0 Å². The molecule has 2 aromatic heterocycles. The zero-order chi connectivity index (χ0) is 17.7. The van der Waals surface area contributed by atoms with Crippen LogP contribution in [0.5, 0.6) is 0 Å². The number of pyridine rings is 1. The van der Waals surface area contributed by atoms with E-state index in [1.54, 1.807) is 0 Å². The molecule has 0 atom stereocenters. The van der Waals surface area contributed by atoms with Crippen LogP contribution in [0.1, 0.15) is 41.7 Å². The summed E-state index contributed by atoms with van der Waals surface area (Å²) in [7, 11) is 0. The summed E-state index contributed by atoms with van der Waals surface area (Å²) in [5.41, 5.74) is 3.42. The van der Waals surface area contributed by atoms with Gasteiger partial charge in [0.25, 0.3) is 11.6 Å².